The van der Waals surface area contributed by atoms with Gasteiger partial charge in [0.05, 0.1) is 18.1 Å². The molecule has 8 heteroatoms. The number of hydrogen-bond acceptors (Lipinski definition) is 5. The number of ether oxygens (including phenoxy) is 1. The van der Waals surface area contributed by atoms with Crippen LogP contribution in [0.4, 0.5) is 5.69 Å². The molecular weight excluding hydrogens is 644 g/mol. The van der Waals surface area contributed by atoms with Crippen molar-refractivity contribution in [1.82, 2.24) is 0 Å². The van der Waals surface area contributed by atoms with Crippen molar-refractivity contribution < 1.29 is 108 Å². The third-order valence-electron chi connectivity index (χ3n) is 1.71. The summed E-state index contributed by atoms with van der Waals surface area (Å²) in [5, 5.41) is 28.1. The largest absolute Gasteiger partial charge is 0.496 e. The predicted octanol–water partition coefficient (Wildman–Crippen LogP) is 0.587. The Bertz CT molecular complexity index is 358. The third kappa shape index (κ3) is 5.25. The van der Waals surface area contributed by atoms with E-state index < -0.39 is 11.2 Å². The molecule has 0 atom stereocenters. The Kier molecular flexibility index (Phi) is 11.2. The van der Waals surface area contributed by atoms with Gasteiger partial charge in [-0.15, -0.1) is 0 Å². The van der Waals surface area contributed by atoms with E-state index in [1.165, 1.54) is 19.2 Å². The van der Waals surface area contributed by atoms with Crippen LogP contribution in [0.3, 0.4) is 0 Å². The summed E-state index contributed by atoms with van der Waals surface area (Å²) in [5.41, 5.74) is -0.0654. The van der Waals surface area contributed by atoms with E-state index in [1.807, 2.05) is 0 Å². The Balaban J connectivity index is 0. The van der Waals surface area contributed by atoms with E-state index in [2.05, 4.69) is 0 Å². The first-order valence-electron chi connectivity index (χ1n) is 3.74. The molecule has 0 spiro atoms. The van der Waals surface area contributed by atoms with Gasteiger partial charge in [-0.25, -0.2) is 0 Å². The van der Waals surface area contributed by atoms with Crippen molar-refractivity contribution in [2.45, 2.75) is 6.29 Å². The van der Waals surface area contributed by atoms with Crippen LogP contribution in [0.5, 0.6) is 5.75 Å². The van der Waals surface area contributed by atoms with Crippen LogP contribution < -0.4 is 4.74 Å². The first kappa shape index (κ1) is 19.6. The number of benzene rings is 1. The average molecular weight is 653 g/mol. The molecule has 0 aromatic heterocycles. The van der Waals surface area contributed by atoms with Crippen molar-refractivity contribution in [3.8, 4) is 5.75 Å². The number of methoxy groups -OCH3 is 1. The van der Waals surface area contributed by atoms with Crippen molar-refractivity contribution in [3.63, 3.8) is 0 Å². The zero-order valence-electron chi connectivity index (χ0n) is 8.53. The topological polar surface area (TPSA) is 92.8 Å². The second-order valence-corrected chi connectivity index (χ2v) is 2.56. The molecule has 0 aliphatic heterocycles. The Morgan fingerprint density at radius 2 is 1.94 bits per heavy atom. The normalized spacial score (nSPS) is 9.00. The van der Waals surface area contributed by atoms with Gasteiger partial charge in [0, 0.05) is 99.8 Å². The minimum absolute atomic E-state index is 0. The Morgan fingerprint density at radius 3 is 2.31 bits per heavy atom. The summed E-state index contributed by atoms with van der Waals surface area (Å²) in [6.45, 7) is 0. The fraction of sp³-hybridized carbons (Fsp3) is 0.250. The number of hydrogen-bond donors (Lipinski definition) is 2. The summed E-state index contributed by atoms with van der Waals surface area (Å²) >= 11 is 0. The van der Waals surface area contributed by atoms with Gasteiger partial charge in [-0.1, -0.05) is 0 Å². The second kappa shape index (κ2) is 9.19. The molecule has 0 heterocycles. The van der Waals surface area contributed by atoms with Gasteiger partial charge < -0.3 is 14.9 Å². The summed E-state index contributed by atoms with van der Waals surface area (Å²) < 4.78 is 4.77. The summed E-state index contributed by atoms with van der Waals surface area (Å²) in [6.07, 6.45) is -1.70. The fourth-order valence-corrected chi connectivity index (χ4v) is 1.03. The standard InChI is InChI=1S/C8H9NO5.2Ac/c1-14-7-4-5(9(12)13)2-3-6(7)8(10)11;;/h2-4,8,10-11H,1H3;;. The molecule has 0 aliphatic carbocycles. The number of nitrogens with zero attached hydrogens (tertiary/aromatic N) is 1. The number of rotatable bonds is 3. The minimum atomic E-state index is -1.70. The third-order valence-corrected chi connectivity index (χ3v) is 1.71. The zero-order chi connectivity index (χ0) is 10.7. The number of nitro groups is 1. The molecule has 1 aromatic carbocycles. The van der Waals surface area contributed by atoms with E-state index in [0.717, 1.165) is 6.07 Å². The van der Waals surface area contributed by atoms with Gasteiger partial charge in [0.15, 0.2) is 6.29 Å². The molecule has 1 rings (SSSR count). The number of aliphatic hydroxyl groups is 2. The molecule has 0 unspecified atom stereocenters. The molecule has 2 radical (unpaired) electrons. The minimum Gasteiger partial charge on any atom is -0.496 e. The number of aliphatic hydroxyl groups excluding tert-OH is 1. The molecular formula is C8H9Ac2NO5. The van der Waals surface area contributed by atoms with Gasteiger partial charge >= 0.3 is 0 Å². The van der Waals surface area contributed by atoms with Crippen LogP contribution in [0.2, 0.25) is 0 Å². The van der Waals surface area contributed by atoms with E-state index in [0.29, 0.717) is 0 Å². The van der Waals surface area contributed by atoms with E-state index >= 15 is 0 Å². The molecule has 16 heavy (non-hydrogen) atoms. The summed E-state index contributed by atoms with van der Waals surface area (Å²) in [7, 11) is 1.30. The molecule has 1 aromatic rings. The van der Waals surface area contributed by atoms with E-state index in [1.54, 1.807) is 0 Å². The predicted molar refractivity (Wildman–Crippen MR) is 46.8 cm³/mol. The van der Waals surface area contributed by atoms with Gasteiger partial charge in [-0.3, -0.25) is 10.1 Å². The Labute approximate surface area is 164 Å². The molecule has 0 fully saturated rings. The first-order valence-corrected chi connectivity index (χ1v) is 3.74. The molecule has 0 amide bonds. The van der Waals surface area contributed by atoms with Crippen molar-refractivity contribution in [2.24, 2.45) is 0 Å². The maximum atomic E-state index is 10.4. The molecule has 82 valence electrons. The van der Waals surface area contributed by atoms with Crippen LogP contribution in [0.25, 0.3) is 0 Å². The van der Waals surface area contributed by atoms with Crippen molar-refractivity contribution >= 4 is 5.69 Å². The summed E-state index contributed by atoms with van der Waals surface area (Å²) in [5.74, 6) is 0.0780. The van der Waals surface area contributed by atoms with E-state index in [-0.39, 0.29) is 105 Å². The van der Waals surface area contributed by atoms with E-state index in [9.17, 15) is 10.1 Å². The number of nitro benzene ring substituents is 1. The quantitative estimate of drug-likeness (QED) is 0.284. The van der Waals surface area contributed by atoms with Crippen molar-refractivity contribution in [1.29, 1.82) is 0 Å². The second-order valence-electron chi connectivity index (χ2n) is 2.56. The van der Waals surface area contributed by atoms with Gasteiger partial charge in [0.2, 0.25) is 0 Å². The zero-order valence-corrected chi connectivity index (χ0v) is 18.0. The van der Waals surface area contributed by atoms with Gasteiger partial charge in [-0.05, 0) is 6.07 Å². The smallest absolute Gasteiger partial charge is 0.273 e. The van der Waals surface area contributed by atoms with Crippen LogP contribution >= 0.6 is 0 Å². The molecule has 0 saturated carbocycles. The van der Waals surface area contributed by atoms with Gasteiger partial charge in [0.25, 0.3) is 5.69 Å². The molecule has 0 saturated heterocycles. The molecule has 6 nitrogen and oxygen atoms in total. The van der Waals surface area contributed by atoms with Crippen molar-refractivity contribution in [3.05, 3.63) is 33.9 Å². The number of non-ortho nitro benzene ring substituents is 1. The van der Waals surface area contributed by atoms with Crippen LogP contribution in [0.1, 0.15) is 11.9 Å². The maximum absolute atomic E-state index is 10.4. The van der Waals surface area contributed by atoms with E-state index in [4.69, 9.17) is 14.9 Å². The molecule has 2 N–H and O–H groups in total. The maximum Gasteiger partial charge on any atom is 0.273 e. The van der Waals surface area contributed by atoms with Gasteiger partial charge in [0.1, 0.15) is 5.75 Å². The SMILES string of the molecule is COc1cc([N+](=O)[O-])ccc1C(O)O.[Ac].[Ac]. The summed E-state index contributed by atoms with van der Waals surface area (Å²) in [4.78, 5) is 9.79. The summed E-state index contributed by atoms with van der Waals surface area (Å²) in [6, 6.07) is 3.55. The van der Waals surface area contributed by atoms with Crippen LogP contribution in [0, 0.1) is 98.2 Å². The fourth-order valence-electron chi connectivity index (χ4n) is 1.03. The van der Waals surface area contributed by atoms with Crippen LogP contribution in [0.15, 0.2) is 18.2 Å². The van der Waals surface area contributed by atoms with Crippen LogP contribution in [-0.4, -0.2) is 22.2 Å². The van der Waals surface area contributed by atoms with Crippen molar-refractivity contribution in [2.75, 3.05) is 7.11 Å². The Hall–Kier alpha value is 1.22. The monoisotopic (exact) mass is 653 g/mol. The van der Waals surface area contributed by atoms with Crippen LogP contribution in [-0.2, 0) is 0 Å². The van der Waals surface area contributed by atoms with Gasteiger partial charge in [-0.2, -0.15) is 0 Å². The first-order chi connectivity index (χ1) is 6.56. The average Bonchev–Trinajstić information content (AvgIpc) is 2.16. The molecule has 0 aliphatic rings. The Morgan fingerprint density at radius 1 is 1.38 bits per heavy atom. The molecule has 0 bridgehead atoms.